The predicted molar refractivity (Wildman–Crippen MR) is 99.5 cm³/mol. The van der Waals surface area contributed by atoms with Gasteiger partial charge >= 0.3 is 0 Å². The van der Waals surface area contributed by atoms with Crippen LogP contribution in [-0.2, 0) is 6.54 Å². The molecule has 3 aromatic rings. The van der Waals surface area contributed by atoms with Gasteiger partial charge in [-0.25, -0.2) is 0 Å². The van der Waals surface area contributed by atoms with Gasteiger partial charge in [0, 0.05) is 5.75 Å². The van der Waals surface area contributed by atoms with E-state index in [0.717, 1.165) is 34.8 Å². The van der Waals surface area contributed by atoms with Crippen molar-refractivity contribution in [2.75, 3.05) is 19.5 Å². The fraction of sp³-hybridized carbons (Fsp3) is 0.263. The molecule has 25 heavy (non-hydrogen) atoms. The molecule has 0 atom stereocenters. The van der Waals surface area contributed by atoms with Gasteiger partial charge in [-0.1, -0.05) is 54.2 Å². The van der Waals surface area contributed by atoms with Gasteiger partial charge in [0.05, 0.1) is 20.3 Å². The van der Waals surface area contributed by atoms with Crippen molar-refractivity contribution in [2.45, 2.75) is 18.6 Å². The zero-order chi connectivity index (χ0) is 17.5. The van der Waals surface area contributed by atoms with Gasteiger partial charge in [0.1, 0.15) is 5.82 Å². The van der Waals surface area contributed by atoms with Crippen LogP contribution in [0.1, 0.15) is 11.4 Å². The quantitative estimate of drug-likeness (QED) is 0.454. The van der Waals surface area contributed by atoms with Crippen LogP contribution in [0.4, 0.5) is 0 Å². The number of methoxy groups -OCH3 is 1. The summed E-state index contributed by atoms with van der Waals surface area (Å²) in [7, 11) is 1.64. The van der Waals surface area contributed by atoms with E-state index in [1.165, 1.54) is 5.56 Å². The summed E-state index contributed by atoms with van der Waals surface area (Å²) in [5.41, 5.74) is 1.23. The van der Waals surface area contributed by atoms with E-state index in [0.29, 0.717) is 6.61 Å². The summed E-state index contributed by atoms with van der Waals surface area (Å²) in [5.74, 6) is 3.20. The highest BCUT2D eigenvalue weighted by molar-refractivity contribution is 7.99. The smallest absolute Gasteiger partial charge is 0.191 e. The topological polar surface area (TPSA) is 49.2 Å². The van der Waals surface area contributed by atoms with E-state index >= 15 is 0 Å². The van der Waals surface area contributed by atoms with Crippen molar-refractivity contribution in [1.29, 1.82) is 0 Å². The molecule has 0 aliphatic carbocycles. The normalized spacial score (nSPS) is 10.6. The molecule has 0 aliphatic rings. The van der Waals surface area contributed by atoms with Crippen LogP contribution in [0.2, 0.25) is 0 Å². The SMILES string of the molecule is COc1ccccc1OCCSc1nnc(C)n1Cc1ccccc1. The molecule has 0 saturated carbocycles. The van der Waals surface area contributed by atoms with Gasteiger partial charge in [0.15, 0.2) is 16.7 Å². The van der Waals surface area contributed by atoms with Crippen molar-refractivity contribution in [3.05, 3.63) is 66.0 Å². The number of rotatable bonds is 8. The molecule has 0 fully saturated rings. The average molecular weight is 355 g/mol. The second kappa shape index (κ2) is 8.58. The van der Waals surface area contributed by atoms with Crippen LogP contribution in [0.3, 0.4) is 0 Å². The van der Waals surface area contributed by atoms with Crippen molar-refractivity contribution < 1.29 is 9.47 Å². The van der Waals surface area contributed by atoms with Gasteiger partial charge in [-0.05, 0) is 24.6 Å². The molecule has 3 rings (SSSR count). The fourth-order valence-electron chi connectivity index (χ4n) is 2.44. The monoisotopic (exact) mass is 355 g/mol. The van der Waals surface area contributed by atoms with Gasteiger partial charge in [0.2, 0.25) is 0 Å². The third-order valence-corrected chi connectivity index (χ3v) is 4.66. The maximum atomic E-state index is 5.81. The minimum atomic E-state index is 0.572. The molecule has 5 nitrogen and oxygen atoms in total. The lowest BCUT2D eigenvalue weighted by molar-refractivity contribution is 0.313. The summed E-state index contributed by atoms with van der Waals surface area (Å²) in [6, 6.07) is 18.0. The van der Waals surface area contributed by atoms with Crippen LogP contribution in [0.15, 0.2) is 59.8 Å². The van der Waals surface area contributed by atoms with Crippen LogP contribution >= 0.6 is 11.8 Å². The second-order valence-corrected chi connectivity index (χ2v) is 6.51. The first-order valence-corrected chi connectivity index (χ1v) is 9.09. The number of aromatic nitrogens is 3. The van der Waals surface area contributed by atoms with Gasteiger partial charge in [-0.3, -0.25) is 0 Å². The Bertz CT molecular complexity index is 805. The number of ether oxygens (including phenoxy) is 2. The number of benzene rings is 2. The van der Waals surface area contributed by atoms with Crippen LogP contribution in [-0.4, -0.2) is 34.2 Å². The minimum absolute atomic E-state index is 0.572. The fourth-order valence-corrected chi connectivity index (χ4v) is 3.24. The van der Waals surface area contributed by atoms with Crippen molar-refractivity contribution in [2.24, 2.45) is 0 Å². The standard InChI is InChI=1S/C19H21N3O2S/c1-15-20-21-19(22(15)14-16-8-4-3-5-9-16)25-13-12-24-18-11-7-6-10-17(18)23-2/h3-11H,12-14H2,1-2H3. The molecule has 0 saturated heterocycles. The third kappa shape index (κ3) is 4.54. The largest absolute Gasteiger partial charge is 0.493 e. The first-order chi connectivity index (χ1) is 12.3. The zero-order valence-electron chi connectivity index (χ0n) is 14.4. The van der Waals surface area contributed by atoms with Gasteiger partial charge in [-0.2, -0.15) is 0 Å². The molecule has 1 heterocycles. The molecule has 0 spiro atoms. The molecule has 0 N–H and O–H groups in total. The molecule has 130 valence electrons. The Morgan fingerprint density at radius 3 is 2.44 bits per heavy atom. The summed E-state index contributed by atoms with van der Waals surface area (Å²) in [4.78, 5) is 0. The van der Waals surface area contributed by atoms with Gasteiger partial charge in [0.25, 0.3) is 0 Å². The Hall–Kier alpha value is -2.47. The summed E-state index contributed by atoms with van der Waals surface area (Å²) in [6.07, 6.45) is 0. The summed E-state index contributed by atoms with van der Waals surface area (Å²) in [6.45, 7) is 3.32. The summed E-state index contributed by atoms with van der Waals surface area (Å²) < 4.78 is 13.2. The highest BCUT2D eigenvalue weighted by Gasteiger charge is 2.10. The van der Waals surface area contributed by atoms with Gasteiger partial charge in [-0.15, -0.1) is 10.2 Å². The predicted octanol–water partition coefficient (Wildman–Crippen LogP) is 3.81. The summed E-state index contributed by atoms with van der Waals surface area (Å²) >= 11 is 1.64. The Morgan fingerprint density at radius 2 is 1.68 bits per heavy atom. The van der Waals surface area contributed by atoms with Crippen molar-refractivity contribution >= 4 is 11.8 Å². The molecule has 0 aliphatic heterocycles. The third-order valence-electron chi connectivity index (χ3n) is 3.73. The highest BCUT2D eigenvalue weighted by atomic mass is 32.2. The second-order valence-electron chi connectivity index (χ2n) is 5.45. The minimum Gasteiger partial charge on any atom is -0.493 e. The molecular formula is C19H21N3O2S. The molecule has 6 heteroatoms. The Kier molecular flexibility index (Phi) is 5.95. The Balaban J connectivity index is 1.57. The van der Waals surface area contributed by atoms with Crippen LogP contribution in [0, 0.1) is 6.92 Å². The molecule has 0 unspecified atom stereocenters. The van der Waals surface area contributed by atoms with Crippen molar-refractivity contribution in [3.8, 4) is 11.5 Å². The summed E-state index contributed by atoms with van der Waals surface area (Å²) in [5, 5.41) is 9.40. The van der Waals surface area contributed by atoms with Crippen LogP contribution in [0.25, 0.3) is 0 Å². The lowest BCUT2D eigenvalue weighted by Crippen LogP contribution is -2.06. The first-order valence-electron chi connectivity index (χ1n) is 8.10. The Labute approximate surface area is 152 Å². The average Bonchev–Trinajstić information content (AvgIpc) is 3.00. The van der Waals surface area contributed by atoms with E-state index in [4.69, 9.17) is 9.47 Å². The number of nitrogens with zero attached hydrogens (tertiary/aromatic N) is 3. The molecule has 2 aromatic carbocycles. The maximum Gasteiger partial charge on any atom is 0.191 e. The van der Waals surface area contributed by atoms with Crippen molar-refractivity contribution in [3.63, 3.8) is 0 Å². The van der Waals surface area contributed by atoms with Gasteiger partial charge < -0.3 is 14.0 Å². The molecule has 0 radical (unpaired) electrons. The number of aryl methyl sites for hydroxylation is 1. The molecule has 1 aromatic heterocycles. The Morgan fingerprint density at radius 1 is 0.960 bits per heavy atom. The number of hydrogen-bond donors (Lipinski definition) is 0. The van der Waals surface area contributed by atoms with E-state index in [9.17, 15) is 0 Å². The van der Waals surface area contributed by atoms with E-state index in [1.54, 1.807) is 18.9 Å². The molecule has 0 bridgehead atoms. The lowest BCUT2D eigenvalue weighted by Gasteiger charge is -2.11. The van der Waals surface area contributed by atoms with E-state index < -0.39 is 0 Å². The van der Waals surface area contributed by atoms with Crippen molar-refractivity contribution in [1.82, 2.24) is 14.8 Å². The molecular weight excluding hydrogens is 334 g/mol. The lowest BCUT2D eigenvalue weighted by atomic mass is 10.2. The van der Waals surface area contributed by atoms with E-state index in [2.05, 4.69) is 26.9 Å². The van der Waals surface area contributed by atoms with E-state index in [-0.39, 0.29) is 0 Å². The van der Waals surface area contributed by atoms with Crippen LogP contribution < -0.4 is 9.47 Å². The zero-order valence-corrected chi connectivity index (χ0v) is 15.2. The number of para-hydroxylation sites is 2. The first kappa shape index (κ1) is 17.4. The number of hydrogen-bond acceptors (Lipinski definition) is 5. The number of thioether (sulfide) groups is 1. The maximum absolute atomic E-state index is 5.81. The van der Waals surface area contributed by atoms with E-state index in [1.807, 2.05) is 49.4 Å². The van der Waals surface area contributed by atoms with Crippen LogP contribution in [0.5, 0.6) is 11.5 Å². The molecule has 0 amide bonds. The highest BCUT2D eigenvalue weighted by Crippen LogP contribution is 2.26.